The van der Waals surface area contributed by atoms with Crippen LogP contribution in [-0.4, -0.2) is 62.0 Å². The number of amides is 1. The van der Waals surface area contributed by atoms with E-state index in [2.05, 4.69) is 41.3 Å². The Kier molecular flexibility index (Phi) is 4.85. The predicted octanol–water partition coefficient (Wildman–Crippen LogP) is 3.05. The fourth-order valence-corrected chi connectivity index (χ4v) is 4.97. The Morgan fingerprint density at radius 3 is 2.78 bits per heavy atom. The number of hydrazone groups is 1. The van der Waals surface area contributed by atoms with Crippen LogP contribution in [0.25, 0.3) is 11.1 Å². The van der Waals surface area contributed by atoms with Gasteiger partial charge in [0.15, 0.2) is 5.84 Å². The van der Waals surface area contributed by atoms with Crippen molar-refractivity contribution in [1.29, 1.82) is 0 Å². The van der Waals surface area contributed by atoms with Gasteiger partial charge in [0.1, 0.15) is 24.2 Å². The second-order valence-electron chi connectivity index (χ2n) is 9.20. The van der Waals surface area contributed by atoms with E-state index in [4.69, 9.17) is 4.74 Å². The Hall–Kier alpha value is -3.13. The molecule has 2 aromatic carbocycles. The van der Waals surface area contributed by atoms with Gasteiger partial charge in [-0.2, -0.15) is 5.10 Å². The minimum absolute atomic E-state index is 0.111. The highest BCUT2D eigenvalue weighted by molar-refractivity contribution is 6.10. The number of carbonyl (C=O) groups excluding carboxylic acids is 1. The van der Waals surface area contributed by atoms with Crippen molar-refractivity contribution in [1.82, 2.24) is 10.3 Å². The standard InChI is InChI=1S/C24H28FN5O2/c1-15-23(31)27-26-22-13-32-21-11-17(16-7-5-6-8-18(16)25)19(12-20(21)30(15)22)29(4)24(2)9-10-28(3)14-24/h5-8,11-12,15H,9-10,13-14H2,1-4H3,(H,27,31)/t15-,24+/m1/s1. The first-order valence-corrected chi connectivity index (χ1v) is 10.9. The minimum Gasteiger partial charge on any atom is -0.483 e. The van der Waals surface area contributed by atoms with Gasteiger partial charge >= 0.3 is 0 Å². The van der Waals surface area contributed by atoms with Gasteiger partial charge in [0.25, 0.3) is 5.91 Å². The van der Waals surface area contributed by atoms with E-state index in [0.717, 1.165) is 36.4 Å². The predicted molar refractivity (Wildman–Crippen MR) is 124 cm³/mol. The van der Waals surface area contributed by atoms with Crippen molar-refractivity contribution in [3.63, 3.8) is 0 Å². The molecule has 168 valence electrons. The first-order chi connectivity index (χ1) is 15.3. The number of hydrogen-bond acceptors (Lipinski definition) is 6. The molecule has 3 aliphatic rings. The molecule has 0 aliphatic carbocycles. The monoisotopic (exact) mass is 437 g/mol. The van der Waals surface area contributed by atoms with Crippen LogP contribution in [0.3, 0.4) is 0 Å². The first kappa shape index (κ1) is 20.8. The Bertz CT molecular complexity index is 1120. The maximum Gasteiger partial charge on any atom is 0.262 e. The van der Waals surface area contributed by atoms with E-state index < -0.39 is 6.04 Å². The second kappa shape index (κ2) is 7.48. The van der Waals surface area contributed by atoms with Gasteiger partial charge in [-0.05, 0) is 45.5 Å². The maximum atomic E-state index is 14.9. The van der Waals surface area contributed by atoms with E-state index in [-0.39, 0.29) is 23.9 Å². The molecule has 3 aliphatic heterocycles. The van der Waals surface area contributed by atoms with Crippen molar-refractivity contribution in [2.24, 2.45) is 5.10 Å². The van der Waals surface area contributed by atoms with Gasteiger partial charge in [0.2, 0.25) is 0 Å². The number of likely N-dealkylation sites (tertiary alicyclic amines) is 1. The molecule has 8 heteroatoms. The summed E-state index contributed by atoms with van der Waals surface area (Å²) in [5.74, 6) is 0.830. The van der Waals surface area contributed by atoms with Crippen molar-refractivity contribution in [3.05, 3.63) is 42.2 Å². The van der Waals surface area contributed by atoms with E-state index in [1.165, 1.54) is 6.07 Å². The Morgan fingerprint density at radius 1 is 1.28 bits per heavy atom. The number of likely N-dealkylation sites (N-methyl/N-ethyl adjacent to an activating group) is 2. The van der Waals surface area contributed by atoms with Gasteiger partial charge in [0.05, 0.1) is 11.2 Å². The van der Waals surface area contributed by atoms with E-state index in [0.29, 0.717) is 17.1 Å². The lowest BCUT2D eigenvalue weighted by Crippen LogP contribution is -2.55. The molecule has 5 rings (SSSR count). The molecule has 0 bridgehead atoms. The molecular weight excluding hydrogens is 409 g/mol. The third-order valence-electron chi connectivity index (χ3n) is 7.01. The molecule has 1 N–H and O–H groups in total. The van der Waals surface area contributed by atoms with Crippen molar-refractivity contribution in [2.75, 3.05) is 43.6 Å². The SMILES string of the molecule is C[C@@H]1C(=O)NN=C2COc3cc(-c4ccccc4F)c(N(C)[C@@]4(C)CCN(C)C4)cc3N21. The van der Waals surface area contributed by atoms with Crippen molar-refractivity contribution >= 4 is 23.1 Å². The summed E-state index contributed by atoms with van der Waals surface area (Å²) in [6.45, 7) is 6.24. The quantitative estimate of drug-likeness (QED) is 0.800. The fourth-order valence-electron chi connectivity index (χ4n) is 4.97. The number of benzene rings is 2. The number of amidine groups is 1. The molecule has 1 amide bonds. The smallest absolute Gasteiger partial charge is 0.262 e. The average molecular weight is 438 g/mol. The topological polar surface area (TPSA) is 60.4 Å². The number of nitrogens with zero attached hydrogens (tertiary/aromatic N) is 4. The lowest BCUT2D eigenvalue weighted by Gasteiger charge is -2.42. The number of fused-ring (bicyclic) bond motifs is 3. The number of rotatable bonds is 3. The Morgan fingerprint density at radius 2 is 2.06 bits per heavy atom. The first-order valence-electron chi connectivity index (χ1n) is 10.9. The zero-order valence-corrected chi connectivity index (χ0v) is 18.9. The van der Waals surface area contributed by atoms with Gasteiger partial charge in [-0.15, -0.1) is 0 Å². The summed E-state index contributed by atoms with van der Waals surface area (Å²) < 4.78 is 20.9. The summed E-state index contributed by atoms with van der Waals surface area (Å²) in [4.78, 5) is 18.8. The molecule has 2 aromatic rings. The van der Waals surface area contributed by atoms with Gasteiger partial charge in [-0.25, -0.2) is 9.82 Å². The molecule has 7 nitrogen and oxygen atoms in total. The van der Waals surface area contributed by atoms with Gasteiger partial charge in [-0.3, -0.25) is 4.79 Å². The molecule has 1 saturated heterocycles. The van der Waals surface area contributed by atoms with Crippen LogP contribution in [0.15, 0.2) is 41.5 Å². The van der Waals surface area contributed by atoms with Gasteiger partial charge in [-0.1, -0.05) is 18.2 Å². The highest BCUT2D eigenvalue weighted by Crippen LogP contribution is 2.46. The third kappa shape index (κ3) is 3.21. The van der Waals surface area contributed by atoms with Crippen LogP contribution in [0.5, 0.6) is 5.75 Å². The zero-order chi connectivity index (χ0) is 22.6. The van der Waals surface area contributed by atoms with Crippen molar-refractivity contribution < 1.29 is 13.9 Å². The third-order valence-corrected chi connectivity index (χ3v) is 7.01. The normalized spacial score (nSPS) is 24.9. The zero-order valence-electron chi connectivity index (χ0n) is 18.9. The lowest BCUT2D eigenvalue weighted by molar-refractivity contribution is -0.122. The van der Waals surface area contributed by atoms with Gasteiger partial charge < -0.3 is 19.4 Å². The van der Waals surface area contributed by atoms with E-state index >= 15 is 0 Å². The van der Waals surface area contributed by atoms with Crippen LogP contribution in [0.2, 0.25) is 0 Å². The minimum atomic E-state index is -0.421. The molecule has 0 spiro atoms. The molecule has 3 heterocycles. The average Bonchev–Trinajstić information content (AvgIpc) is 3.14. The second-order valence-corrected chi connectivity index (χ2v) is 9.20. The fraction of sp³-hybridized carbons (Fsp3) is 0.417. The van der Waals surface area contributed by atoms with Crippen LogP contribution in [0.4, 0.5) is 15.8 Å². The Labute approximate surface area is 187 Å². The molecule has 0 unspecified atom stereocenters. The van der Waals surface area contributed by atoms with Crippen LogP contribution in [0, 0.1) is 5.82 Å². The van der Waals surface area contributed by atoms with E-state index in [1.807, 2.05) is 30.0 Å². The number of ether oxygens (including phenoxy) is 1. The molecule has 32 heavy (non-hydrogen) atoms. The molecule has 0 radical (unpaired) electrons. The van der Waals surface area contributed by atoms with Crippen LogP contribution < -0.4 is 20.0 Å². The van der Waals surface area contributed by atoms with Crippen LogP contribution in [0.1, 0.15) is 20.3 Å². The molecule has 2 atom stereocenters. The summed E-state index contributed by atoms with van der Waals surface area (Å²) >= 11 is 0. The molecule has 0 aromatic heterocycles. The molecule has 1 fully saturated rings. The summed E-state index contributed by atoms with van der Waals surface area (Å²) in [6.07, 6.45) is 1.000. The molecular formula is C24H28FN5O2. The number of anilines is 2. The van der Waals surface area contributed by atoms with E-state index in [9.17, 15) is 9.18 Å². The summed E-state index contributed by atoms with van der Waals surface area (Å²) in [5, 5.41) is 4.19. The molecule has 0 saturated carbocycles. The highest BCUT2D eigenvalue weighted by atomic mass is 19.1. The van der Waals surface area contributed by atoms with Crippen molar-refractivity contribution in [2.45, 2.75) is 31.8 Å². The summed E-state index contributed by atoms with van der Waals surface area (Å²) in [7, 11) is 4.19. The van der Waals surface area contributed by atoms with E-state index in [1.54, 1.807) is 12.1 Å². The highest BCUT2D eigenvalue weighted by Gasteiger charge is 2.40. The van der Waals surface area contributed by atoms with Crippen LogP contribution >= 0.6 is 0 Å². The van der Waals surface area contributed by atoms with Gasteiger partial charge in [0, 0.05) is 37.0 Å². The van der Waals surface area contributed by atoms with Crippen molar-refractivity contribution in [3.8, 4) is 16.9 Å². The lowest BCUT2D eigenvalue weighted by atomic mass is 9.94. The Balaban J connectivity index is 1.70. The summed E-state index contributed by atoms with van der Waals surface area (Å²) in [6, 6.07) is 10.3. The number of halogens is 1. The largest absolute Gasteiger partial charge is 0.483 e. The summed E-state index contributed by atoms with van der Waals surface area (Å²) in [5.41, 5.74) is 5.42. The van der Waals surface area contributed by atoms with Crippen LogP contribution in [-0.2, 0) is 4.79 Å². The number of carbonyl (C=O) groups is 1. The number of hydrogen-bond donors (Lipinski definition) is 1. The number of nitrogens with one attached hydrogen (secondary N) is 1. The maximum absolute atomic E-state index is 14.9.